The van der Waals surface area contributed by atoms with Crippen LogP contribution in [0.1, 0.15) is 31.2 Å². The van der Waals surface area contributed by atoms with Gasteiger partial charge in [0, 0.05) is 18.7 Å². The Hall–Kier alpha value is -2.44. The molecule has 3 rings (SSSR count). The third kappa shape index (κ3) is 5.78. The Morgan fingerprint density at radius 1 is 1.00 bits per heavy atom. The number of carbonyl (C=O) groups excluding carboxylic acids is 2. The summed E-state index contributed by atoms with van der Waals surface area (Å²) >= 11 is 6.72. The van der Waals surface area contributed by atoms with E-state index in [-0.39, 0.29) is 11.8 Å². The molecule has 0 atom stereocenters. The van der Waals surface area contributed by atoms with Crippen LogP contribution < -0.4 is 5.32 Å². The van der Waals surface area contributed by atoms with Gasteiger partial charge in [-0.1, -0.05) is 78.9 Å². The molecule has 0 aromatic heterocycles. The molecule has 1 aliphatic heterocycles. The van der Waals surface area contributed by atoms with Gasteiger partial charge in [-0.05, 0) is 36.6 Å². The van der Waals surface area contributed by atoms with E-state index in [0.717, 1.165) is 30.5 Å². The molecular weight excluding hydrogens is 388 g/mol. The molecule has 0 spiro atoms. The molecule has 28 heavy (non-hydrogen) atoms. The normalized spacial score (nSPS) is 15.3. The van der Waals surface area contributed by atoms with Crippen molar-refractivity contribution in [1.29, 1.82) is 0 Å². The number of benzene rings is 2. The number of thiocarbonyl (C=S) groups is 1. The largest absolute Gasteiger partial charge is 0.326 e. The molecule has 0 unspecified atom stereocenters. The summed E-state index contributed by atoms with van der Waals surface area (Å²) in [6.45, 7) is 0.594. The van der Waals surface area contributed by atoms with Crippen LogP contribution in [0.4, 0.5) is 5.69 Å². The Labute approximate surface area is 175 Å². The first kappa shape index (κ1) is 20.3. The minimum atomic E-state index is -0.0272. The summed E-state index contributed by atoms with van der Waals surface area (Å²) in [4.78, 5) is 26.9. The van der Waals surface area contributed by atoms with Crippen molar-refractivity contribution >= 4 is 51.9 Å². The Balaban J connectivity index is 1.40. The average Bonchev–Trinajstić information content (AvgIpc) is 2.96. The molecule has 1 fully saturated rings. The van der Waals surface area contributed by atoms with E-state index in [4.69, 9.17) is 12.2 Å². The minimum Gasteiger partial charge on any atom is -0.326 e. The molecule has 1 aliphatic rings. The maximum atomic E-state index is 12.6. The molecule has 2 amide bonds. The van der Waals surface area contributed by atoms with Crippen molar-refractivity contribution in [2.24, 2.45) is 0 Å². The highest BCUT2D eigenvalue weighted by atomic mass is 32.2. The van der Waals surface area contributed by atoms with Crippen molar-refractivity contribution in [2.75, 3.05) is 11.9 Å². The lowest BCUT2D eigenvalue weighted by Crippen LogP contribution is -2.29. The van der Waals surface area contributed by atoms with Gasteiger partial charge >= 0.3 is 0 Å². The lowest BCUT2D eigenvalue weighted by molar-refractivity contribution is -0.122. The second-order valence-electron chi connectivity index (χ2n) is 6.47. The number of hydrogen-bond acceptors (Lipinski definition) is 4. The number of nitrogens with one attached hydrogen (secondary N) is 1. The van der Waals surface area contributed by atoms with Crippen LogP contribution in [0, 0.1) is 0 Å². The van der Waals surface area contributed by atoms with Crippen LogP contribution in [0.2, 0.25) is 0 Å². The summed E-state index contributed by atoms with van der Waals surface area (Å²) in [7, 11) is 0. The van der Waals surface area contributed by atoms with Crippen molar-refractivity contribution in [2.45, 2.75) is 25.7 Å². The van der Waals surface area contributed by atoms with Crippen molar-refractivity contribution in [1.82, 2.24) is 4.90 Å². The molecule has 0 saturated carbocycles. The first-order chi connectivity index (χ1) is 13.6. The monoisotopic (exact) mass is 410 g/mol. The number of hydrogen-bond donors (Lipinski definition) is 1. The van der Waals surface area contributed by atoms with Crippen molar-refractivity contribution < 1.29 is 9.59 Å². The molecule has 0 bridgehead atoms. The fraction of sp³-hybridized carbons (Fsp3) is 0.227. The Kier molecular flexibility index (Phi) is 7.39. The number of thioether (sulfide) groups is 1. The first-order valence-corrected chi connectivity index (χ1v) is 10.5. The SMILES string of the molecule is O=C(CCCCCN1C(=O)C(=Cc2ccccc2)SC1=S)Nc1ccccc1. The van der Waals surface area contributed by atoms with Gasteiger partial charge < -0.3 is 5.32 Å². The van der Waals surface area contributed by atoms with Crippen molar-refractivity contribution in [3.63, 3.8) is 0 Å². The number of nitrogens with zero attached hydrogens (tertiary/aromatic N) is 1. The molecule has 0 aliphatic carbocycles. The van der Waals surface area contributed by atoms with E-state index in [0.29, 0.717) is 22.2 Å². The van der Waals surface area contributed by atoms with Gasteiger partial charge in [0.1, 0.15) is 4.32 Å². The average molecular weight is 411 g/mol. The zero-order chi connectivity index (χ0) is 19.8. The molecule has 4 nitrogen and oxygen atoms in total. The summed E-state index contributed by atoms with van der Waals surface area (Å²) in [6, 6.07) is 19.2. The van der Waals surface area contributed by atoms with E-state index in [1.165, 1.54) is 11.8 Å². The highest BCUT2D eigenvalue weighted by molar-refractivity contribution is 8.26. The van der Waals surface area contributed by atoms with Gasteiger partial charge in [0.05, 0.1) is 4.91 Å². The van der Waals surface area contributed by atoms with Gasteiger partial charge in [0.15, 0.2) is 0 Å². The van der Waals surface area contributed by atoms with E-state index >= 15 is 0 Å². The van der Waals surface area contributed by atoms with Gasteiger partial charge in [-0.15, -0.1) is 0 Å². The van der Waals surface area contributed by atoms with E-state index in [9.17, 15) is 9.59 Å². The van der Waals surface area contributed by atoms with Gasteiger partial charge in [0.2, 0.25) is 5.91 Å². The van der Waals surface area contributed by atoms with Crippen LogP contribution in [-0.4, -0.2) is 27.6 Å². The number of amides is 2. The van der Waals surface area contributed by atoms with E-state index in [2.05, 4.69) is 5.32 Å². The first-order valence-electron chi connectivity index (χ1n) is 9.29. The predicted octanol–water partition coefficient (Wildman–Crippen LogP) is 5.09. The smallest absolute Gasteiger partial charge is 0.266 e. The summed E-state index contributed by atoms with van der Waals surface area (Å²) in [5.41, 5.74) is 1.81. The summed E-state index contributed by atoms with van der Waals surface area (Å²) < 4.78 is 0.606. The van der Waals surface area contributed by atoms with Crippen LogP contribution in [0.25, 0.3) is 6.08 Å². The molecule has 2 aromatic carbocycles. The van der Waals surface area contributed by atoms with Crippen molar-refractivity contribution in [3.05, 3.63) is 71.1 Å². The van der Waals surface area contributed by atoms with Crippen LogP contribution in [0.3, 0.4) is 0 Å². The summed E-state index contributed by atoms with van der Waals surface area (Å²) in [6.07, 6.45) is 4.84. The number of anilines is 1. The zero-order valence-corrected chi connectivity index (χ0v) is 17.1. The van der Waals surface area contributed by atoms with Crippen LogP contribution in [0.5, 0.6) is 0 Å². The van der Waals surface area contributed by atoms with Crippen LogP contribution >= 0.6 is 24.0 Å². The second-order valence-corrected chi connectivity index (χ2v) is 8.14. The number of para-hydroxylation sites is 1. The van der Waals surface area contributed by atoms with Gasteiger partial charge in [0.25, 0.3) is 5.91 Å². The molecule has 6 heteroatoms. The third-order valence-corrected chi connectivity index (χ3v) is 5.69. The fourth-order valence-electron chi connectivity index (χ4n) is 2.87. The lowest BCUT2D eigenvalue weighted by atomic mass is 10.1. The predicted molar refractivity (Wildman–Crippen MR) is 120 cm³/mol. The molecule has 144 valence electrons. The Morgan fingerprint density at radius 2 is 1.68 bits per heavy atom. The molecule has 1 N–H and O–H groups in total. The maximum Gasteiger partial charge on any atom is 0.266 e. The zero-order valence-electron chi connectivity index (χ0n) is 15.5. The number of carbonyl (C=O) groups is 2. The lowest BCUT2D eigenvalue weighted by Gasteiger charge is -2.14. The number of rotatable bonds is 8. The third-order valence-electron chi connectivity index (χ3n) is 4.31. The maximum absolute atomic E-state index is 12.6. The molecule has 2 aromatic rings. The van der Waals surface area contributed by atoms with E-state index < -0.39 is 0 Å². The number of unbranched alkanes of at least 4 members (excludes halogenated alkanes) is 2. The quantitative estimate of drug-likeness (QED) is 0.374. The summed E-state index contributed by atoms with van der Waals surface area (Å²) in [5.74, 6) is -0.0109. The van der Waals surface area contributed by atoms with E-state index in [1.54, 1.807) is 4.90 Å². The topological polar surface area (TPSA) is 49.4 Å². The Morgan fingerprint density at radius 3 is 2.39 bits per heavy atom. The van der Waals surface area contributed by atoms with E-state index in [1.807, 2.05) is 66.7 Å². The van der Waals surface area contributed by atoms with Gasteiger partial charge in [-0.2, -0.15) is 0 Å². The fourth-order valence-corrected chi connectivity index (χ4v) is 4.18. The van der Waals surface area contributed by atoms with Gasteiger partial charge in [-0.3, -0.25) is 14.5 Å². The van der Waals surface area contributed by atoms with Crippen molar-refractivity contribution in [3.8, 4) is 0 Å². The standard InChI is InChI=1S/C22H22N2O2S2/c25-20(23-18-12-6-2-7-13-18)14-8-3-9-15-24-21(26)19(28-22(24)27)16-17-10-4-1-5-11-17/h1-2,4-7,10-13,16H,3,8-9,14-15H2,(H,23,25). The molecular formula is C22H22N2O2S2. The highest BCUT2D eigenvalue weighted by Crippen LogP contribution is 2.32. The molecule has 1 saturated heterocycles. The Bertz CT molecular complexity index is 867. The highest BCUT2D eigenvalue weighted by Gasteiger charge is 2.31. The molecule has 0 radical (unpaired) electrons. The minimum absolute atomic E-state index is 0.0163. The summed E-state index contributed by atoms with van der Waals surface area (Å²) in [5, 5.41) is 2.88. The van der Waals surface area contributed by atoms with Gasteiger partial charge in [-0.25, -0.2) is 0 Å². The van der Waals surface area contributed by atoms with Crippen LogP contribution in [0.15, 0.2) is 65.6 Å². The molecule has 1 heterocycles. The second kappa shape index (κ2) is 10.2. The van der Waals surface area contributed by atoms with Crippen LogP contribution in [-0.2, 0) is 9.59 Å².